The molecular weight excluding hydrogens is 332 g/mol. The van der Waals surface area contributed by atoms with Crippen LogP contribution in [0.2, 0.25) is 0 Å². The molecule has 1 aromatic carbocycles. The average Bonchev–Trinajstić information content (AvgIpc) is 3.22. The van der Waals surface area contributed by atoms with Gasteiger partial charge in [0.05, 0.1) is 25.6 Å². The maximum absolute atomic E-state index is 12.5. The normalized spacial score (nSPS) is 16.0. The Bertz CT molecular complexity index is 676. The van der Waals surface area contributed by atoms with Crippen LogP contribution in [0.25, 0.3) is 0 Å². The maximum atomic E-state index is 12.5. The number of nitrogens with one attached hydrogen (secondary N) is 1. The minimum atomic E-state index is -0.192. The highest BCUT2D eigenvalue weighted by molar-refractivity contribution is 5.77. The number of nitrogens with zero attached hydrogens (tertiary/aromatic N) is 1. The maximum Gasteiger partial charge on any atom is 0.222 e. The standard InChI is InChI=1S/C20H26N2O4/c1-24-17-4-6-18(7-5-17)26-15-10-21-19(23)16-20(8-13-25-14-9-20)22-11-2-3-12-22/h2-7,11-12H,8-10,13-16H2,1H3,(H,21,23). The second-order valence-corrected chi connectivity index (χ2v) is 6.48. The van der Waals surface area contributed by atoms with Crippen molar-refractivity contribution in [1.29, 1.82) is 0 Å². The second kappa shape index (κ2) is 8.76. The van der Waals surface area contributed by atoms with Crippen LogP contribution < -0.4 is 14.8 Å². The smallest absolute Gasteiger partial charge is 0.222 e. The Morgan fingerprint density at radius 1 is 1.15 bits per heavy atom. The number of aromatic nitrogens is 1. The third kappa shape index (κ3) is 4.58. The molecule has 2 aromatic rings. The lowest BCUT2D eigenvalue weighted by atomic mass is 9.86. The van der Waals surface area contributed by atoms with Crippen LogP contribution in [0.3, 0.4) is 0 Å². The van der Waals surface area contributed by atoms with Gasteiger partial charge in [-0.15, -0.1) is 0 Å². The minimum absolute atomic E-state index is 0.0407. The molecule has 1 saturated heterocycles. The number of ether oxygens (including phenoxy) is 3. The van der Waals surface area contributed by atoms with Crippen molar-refractivity contribution >= 4 is 5.91 Å². The molecule has 0 radical (unpaired) electrons. The van der Waals surface area contributed by atoms with Crippen LogP contribution in [-0.2, 0) is 15.1 Å². The van der Waals surface area contributed by atoms with Crippen molar-refractivity contribution in [3.8, 4) is 11.5 Å². The molecular formula is C20H26N2O4. The van der Waals surface area contributed by atoms with Gasteiger partial charge in [0, 0.05) is 25.6 Å². The van der Waals surface area contributed by atoms with Gasteiger partial charge in [0.1, 0.15) is 18.1 Å². The fraction of sp³-hybridized carbons (Fsp3) is 0.450. The average molecular weight is 358 g/mol. The third-order valence-corrected chi connectivity index (χ3v) is 4.82. The number of benzene rings is 1. The highest BCUT2D eigenvalue weighted by Gasteiger charge is 2.35. The van der Waals surface area contributed by atoms with Crippen LogP contribution in [0.5, 0.6) is 11.5 Å². The first-order chi connectivity index (χ1) is 12.7. The molecule has 1 aromatic heterocycles. The molecule has 0 aliphatic carbocycles. The molecule has 1 aliphatic heterocycles. The van der Waals surface area contributed by atoms with Crippen molar-refractivity contribution in [1.82, 2.24) is 9.88 Å². The fourth-order valence-corrected chi connectivity index (χ4v) is 3.32. The van der Waals surface area contributed by atoms with E-state index in [-0.39, 0.29) is 11.4 Å². The summed E-state index contributed by atoms with van der Waals surface area (Å²) in [5, 5.41) is 2.97. The van der Waals surface area contributed by atoms with Crippen molar-refractivity contribution in [3.05, 3.63) is 48.8 Å². The molecule has 1 fully saturated rings. The zero-order valence-electron chi connectivity index (χ0n) is 15.1. The van der Waals surface area contributed by atoms with Gasteiger partial charge in [-0.2, -0.15) is 0 Å². The van der Waals surface area contributed by atoms with Crippen molar-refractivity contribution in [3.63, 3.8) is 0 Å². The molecule has 6 heteroatoms. The van der Waals surface area contributed by atoms with Crippen LogP contribution in [0, 0.1) is 0 Å². The predicted molar refractivity (Wildman–Crippen MR) is 98.6 cm³/mol. The van der Waals surface area contributed by atoms with Crippen LogP contribution in [-0.4, -0.2) is 43.9 Å². The van der Waals surface area contributed by atoms with Gasteiger partial charge in [-0.25, -0.2) is 0 Å². The summed E-state index contributed by atoms with van der Waals surface area (Å²) in [6.45, 7) is 2.28. The summed E-state index contributed by atoms with van der Waals surface area (Å²) >= 11 is 0. The molecule has 1 amide bonds. The number of hydrogen-bond donors (Lipinski definition) is 1. The summed E-state index contributed by atoms with van der Waals surface area (Å²) in [7, 11) is 1.63. The Morgan fingerprint density at radius 3 is 2.46 bits per heavy atom. The highest BCUT2D eigenvalue weighted by Crippen LogP contribution is 2.32. The lowest BCUT2D eigenvalue weighted by molar-refractivity contribution is -0.124. The van der Waals surface area contributed by atoms with Gasteiger partial charge < -0.3 is 24.1 Å². The van der Waals surface area contributed by atoms with E-state index in [1.807, 2.05) is 48.8 Å². The quantitative estimate of drug-likeness (QED) is 0.737. The molecule has 2 heterocycles. The lowest BCUT2D eigenvalue weighted by Crippen LogP contribution is -2.43. The van der Waals surface area contributed by atoms with E-state index < -0.39 is 0 Å². The molecule has 140 valence electrons. The van der Waals surface area contributed by atoms with Crippen LogP contribution in [0.1, 0.15) is 19.3 Å². The molecule has 0 saturated carbocycles. The van der Waals surface area contributed by atoms with Gasteiger partial charge in [0.25, 0.3) is 0 Å². The Labute approximate surface area is 154 Å². The van der Waals surface area contributed by atoms with Crippen LogP contribution in [0.15, 0.2) is 48.8 Å². The van der Waals surface area contributed by atoms with E-state index in [0.717, 1.165) is 24.3 Å². The Balaban J connectivity index is 1.46. The second-order valence-electron chi connectivity index (χ2n) is 6.48. The summed E-state index contributed by atoms with van der Waals surface area (Å²) in [4.78, 5) is 12.5. The Kier molecular flexibility index (Phi) is 6.17. The third-order valence-electron chi connectivity index (χ3n) is 4.82. The van der Waals surface area contributed by atoms with Crippen LogP contribution in [0.4, 0.5) is 0 Å². The predicted octanol–water partition coefficient (Wildman–Crippen LogP) is 2.59. The molecule has 0 unspecified atom stereocenters. The largest absolute Gasteiger partial charge is 0.497 e. The molecule has 6 nitrogen and oxygen atoms in total. The van der Waals surface area contributed by atoms with Crippen molar-refractivity contribution in [2.45, 2.75) is 24.8 Å². The van der Waals surface area contributed by atoms with E-state index in [2.05, 4.69) is 9.88 Å². The molecule has 3 rings (SSSR count). The minimum Gasteiger partial charge on any atom is -0.497 e. The summed E-state index contributed by atoms with van der Waals surface area (Å²) in [6, 6.07) is 11.4. The van der Waals surface area contributed by atoms with E-state index in [1.165, 1.54) is 0 Å². The Hall–Kier alpha value is -2.47. The van der Waals surface area contributed by atoms with E-state index in [0.29, 0.717) is 32.8 Å². The van der Waals surface area contributed by atoms with Gasteiger partial charge in [0.2, 0.25) is 5.91 Å². The summed E-state index contributed by atoms with van der Waals surface area (Å²) < 4.78 is 18.4. The highest BCUT2D eigenvalue weighted by atomic mass is 16.5. The van der Waals surface area contributed by atoms with Crippen molar-refractivity contribution in [2.24, 2.45) is 0 Å². The molecule has 1 aliphatic rings. The first kappa shape index (κ1) is 18.3. The molecule has 0 bridgehead atoms. The topological polar surface area (TPSA) is 61.7 Å². The number of carbonyl (C=O) groups is 1. The van der Waals surface area contributed by atoms with E-state index >= 15 is 0 Å². The number of methoxy groups -OCH3 is 1. The van der Waals surface area contributed by atoms with E-state index in [4.69, 9.17) is 14.2 Å². The molecule has 1 N–H and O–H groups in total. The van der Waals surface area contributed by atoms with E-state index in [9.17, 15) is 4.79 Å². The molecule has 0 atom stereocenters. The van der Waals surface area contributed by atoms with E-state index in [1.54, 1.807) is 7.11 Å². The monoisotopic (exact) mass is 358 g/mol. The Morgan fingerprint density at radius 2 is 1.81 bits per heavy atom. The lowest BCUT2D eigenvalue weighted by Gasteiger charge is -2.38. The SMILES string of the molecule is COc1ccc(OCCNC(=O)CC2(n3cccc3)CCOCC2)cc1. The van der Waals surface area contributed by atoms with Gasteiger partial charge in [-0.1, -0.05) is 0 Å². The van der Waals surface area contributed by atoms with Gasteiger partial charge >= 0.3 is 0 Å². The van der Waals surface area contributed by atoms with Gasteiger partial charge in [-0.05, 0) is 49.2 Å². The summed E-state index contributed by atoms with van der Waals surface area (Å²) in [6.07, 6.45) is 6.21. The number of amides is 1. The number of hydrogen-bond acceptors (Lipinski definition) is 4. The first-order valence-electron chi connectivity index (χ1n) is 8.97. The zero-order chi connectivity index (χ0) is 18.2. The number of rotatable bonds is 8. The number of carbonyl (C=O) groups excluding carboxylic acids is 1. The fourth-order valence-electron chi connectivity index (χ4n) is 3.32. The van der Waals surface area contributed by atoms with Crippen molar-refractivity contribution < 1.29 is 19.0 Å². The summed E-state index contributed by atoms with van der Waals surface area (Å²) in [5.74, 6) is 1.59. The van der Waals surface area contributed by atoms with Gasteiger partial charge in [0.15, 0.2) is 0 Å². The van der Waals surface area contributed by atoms with Crippen molar-refractivity contribution in [2.75, 3.05) is 33.5 Å². The first-order valence-corrected chi connectivity index (χ1v) is 8.97. The summed E-state index contributed by atoms with van der Waals surface area (Å²) in [5.41, 5.74) is -0.192. The molecule has 0 spiro atoms. The van der Waals surface area contributed by atoms with Crippen LogP contribution >= 0.6 is 0 Å². The molecule has 26 heavy (non-hydrogen) atoms. The van der Waals surface area contributed by atoms with Gasteiger partial charge in [-0.3, -0.25) is 4.79 Å². The zero-order valence-corrected chi connectivity index (χ0v) is 15.1.